The summed E-state index contributed by atoms with van der Waals surface area (Å²) in [5.74, 6) is 0.0275. The molecule has 14 heteroatoms. The number of carbonyl (C=O) groups excluding carboxylic acids is 2. The van der Waals surface area contributed by atoms with Crippen molar-refractivity contribution < 1.29 is 22.8 Å². The van der Waals surface area contributed by atoms with Crippen LogP contribution in [0.1, 0.15) is 63.5 Å². The third-order valence-corrected chi connectivity index (χ3v) is 8.87. The predicted molar refractivity (Wildman–Crippen MR) is 187 cm³/mol. The summed E-state index contributed by atoms with van der Waals surface area (Å²) < 4.78 is 42.6. The molecule has 0 spiro atoms. The highest BCUT2D eigenvalue weighted by Crippen LogP contribution is 2.48. The highest BCUT2D eigenvalue weighted by Gasteiger charge is 2.45. The van der Waals surface area contributed by atoms with Crippen LogP contribution in [0.15, 0.2) is 103 Å². The Kier molecular flexibility index (Phi) is 9.95. The number of aromatic nitrogens is 5. The molecule has 1 fully saturated rings. The van der Waals surface area contributed by atoms with Gasteiger partial charge in [0.1, 0.15) is 11.9 Å². The highest BCUT2D eigenvalue weighted by molar-refractivity contribution is 5.90. The van der Waals surface area contributed by atoms with Crippen molar-refractivity contribution in [3.63, 3.8) is 0 Å². The van der Waals surface area contributed by atoms with Crippen LogP contribution in [0.5, 0.6) is 0 Å². The normalized spacial score (nSPS) is 18.3. The summed E-state index contributed by atoms with van der Waals surface area (Å²) in [6.07, 6.45) is 13.9. The fourth-order valence-electron chi connectivity index (χ4n) is 6.15. The number of hydrogen-bond donors (Lipinski definition) is 2. The molecule has 1 aromatic carbocycles. The van der Waals surface area contributed by atoms with Gasteiger partial charge in [-0.3, -0.25) is 18.7 Å². The average molecular weight is 700 g/mol. The van der Waals surface area contributed by atoms with E-state index in [2.05, 4.69) is 37.3 Å². The van der Waals surface area contributed by atoms with E-state index in [9.17, 15) is 22.8 Å². The van der Waals surface area contributed by atoms with Gasteiger partial charge in [0.25, 0.3) is 0 Å². The summed E-state index contributed by atoms with van der Waals surface area (Å²) in [5, 5.41) is 9.79. The molecule has 3 aromatic heterocycles. The molecular weight excluding hydrogens is 659 g/mol. The van der Waals surface area contributed by atoms with Gasteiger partial charge in [0, 0.05) is 67.0 Å². The van der Waals surface area contributed by atoms with Crippen LogP contribution in [0.25, 0.3) is 16.9 Å². The lowest BCUT2D eigenvalue weighted by Crippen LogP contribution is -2.55. The number of rotatable bonds is 13. The fourth-order valence-corrected chi connectivity index (χ4v) is 6.15. The van der Waals surface area contributed by atoms with Crippen LogP contribution in [-0.2, 0) is 22.3 Å². The quantitative estimate of drug-likeness (QED) is 0.171. The Morgan fingerprint density at radius 3 is 2.59 bits per heavy atom. The smallest absolute Gasteiger partial charge is 0.348 e. The van der Waals surface area contributed by atoms with E-state index in [1.54, 1.807) is 49.6 Å². The van der Waals surface area contributed by atoms with Gasteiger partial charge in [0.2, 0.25) is 17.6 Å². The fraction of sp³-hybridized carbons (Fsp3) is 0.351. The molecular formula is C37H40F3N9O2. The Hall–Kier alpha value is -5.53. The number of unbranched alkanes of at least 4 members (excludes halogenated alkanes) is 1. The molecule has 4 heterocycles. The van der Waals surface area contributed by atoms with Crippen LogP contribution in [0.2, 0.25) is 0 Å². The number of carbonyl (C=O) groups is 2. The van der Waals surface area contributed by atoms with E-state index in [1.807, 2.05) is 54.1 Å². The van der Waals surface area contributed by atoms with Crippen LogP contribution < -0.4 is 10.6 Å². The van der Waals surface area contributed by atoms with E-state index in [0.29, 0.717) is 18.0 Å². The van der Waals surface area contributed by atoms with E-state index in [-0.39, 0.29) is 30.7 Å². The zero-order chi connectivity index (χ0) is 36.3. The van der Waals surface area contributed by atoms with Crippen LogP contribution in [-0.4, -0.2) is 58.7 Å². The van der Waals surface area contributed by atoms with Gasteiger partial charge in [-0.25, -0.2) is 15.0 Å². The molecule has 1 aliphatic heterocycles. The first-order valence-corrected chi connectivity index (χ1v) is 16.8. The topological polar surface area (TPSA) is 122 Å². The molecule has 0 saturated heterocycles. The summed E-state index contributed by atoms with van der Waals surface area (Å²) >= 11 is 0. The van der Waals surface area contributed by atoms with Crippen molar-refractivity contribution in [3.8, 4) is 11.1 Å². The maximum atomic E-state index is 14.0. The van der Waals surface area contributed by atoms with Gasteiger partial charge >= 0.3 is 6.18 Å². The van der Waals surface area contributed by atoms with Crippen molar-refractivity contribution in [2.24, 2.45) is 10.9 Å². The summed E-state index contributed by atoms with van der Waals surface area (Å²) in [7, 11) is 0. The minimum Gasteiger partial charge on any atom is -0.348 e. The largest absolute Gasteiger partial charge is 0.419 e. The molecule has 2 amide bonds. The van der Waals surface area contributed by atoms with Crippen molar-refractivity contribution in [2.45, 2.75) is 76.7 Å². The zero-order valence-electron chi connectivity index (χ0n) is 28.6. The second-order valence-corrected chi connectivity index (χ2v) is 13.5. The van der Waals surface area contributed by atoms with Gasteiger partial charge in [0.15, 0.2) is 0 Å². The third-order valence-electron chi connectivity index (χ3n) is 8.87. The first-order chi connectivity index (χ1) is 24.3. The molecule has 11 nitrogen and oxygen atoms in total. The molecule has 0 bridgehead atoms. The van der Waals surface area contributed by atoms with Crippen molar-refractivity contribution in [1.82, 2.24) is 39.7 Å². The van der Waals surface area contributed by atoms with Crippen molar-refractivity contribution >= 4 is 23.8 Å². The first kappa shape index (κ1) is 35.3. The van der Waals surface area contributed by atoms with Crippen LogP contribution in [0.4, 0.5) is 13.2 Å². The average Bonchev–Trinajstić information content (AvgIpc) is 3.50. The summed E-state index contributed by atoms with van der Waals surface area (Å²) in [5.41, 5.74) is 1.79. The first-order valence-electron chi connectivity index (χ1n) is 16.8. The molecule has 51 heavy (non-hydrogen) atoms. The summed E-state index contributed by atoms with van der Waals surface area (Å²) in [6, 6.07) is 7.04. The predicted octanol–water partition coefficient (Wildman–Crippen LogP) is 6.24. The minimum absolute atomic E-state index is 0.00894. The van der Waals surface area contributed by atoms with Crippen LogP contribution in [0, 0.1) is 5.92 Å². The molecule has 1 aliphatic carbocycles. The van der Waals surface area contributed by atoms with Gasteiger partial charge in [-0.15, -0.1) is 0 Å². The maximum absolute atomic E-state index is 14.0. The van der Waals surface area contributed by atoms with E-state index in [1.165, 1.54) is 0 Å². The Morgan fingerprint density at radius 1 is 1.10 bits per heavy atom. The highest BCUT2D eigenvalue weighted by atomic mass is 19.4. The van der Waals surface area contributed by atoms with Crippen LogP contribution >= 0.6 is 0 Å². The number of allylic oxidation sites excluding steroid dienone is 2. The van der Waals surface area contributed by atoms with E-state index < -0.39 is 29.2 Å². The van der Waals surface area contributed by atoms with Gasteiger partial charge in [-0.05, 0) is 49.8 Å². The van der Waals surface area contributed by atoms with E-state index in [0.717, 1.165) is 52.3 Å². The molecule has 4 aromatic rings. The number of nitrogens with zero attached hydrogens (tertiary/aromatic N) is 7. The maximum Gasteiger partial charge on any atom is 0.419 e. The van der Waals surface area contributed by atoms with Crippen LogP contribution in [0.3, 0.4) is 0 Å². The second kappa shape index (κ2) is 14.4. The number of amides is 2. The number of alkyl halides is 3. The molecule has 0 radical (unpaired) electrons. The van der Waals surface area contributed by atoms with Gasteiger partial charge in [-0.2, -0.15) is 18.3 Å². The number of nitrogens with one attached hydrogen (secondary N) is 2. The standard InChI is InChI=1S/C37H40F3N9O2/c1-5-6-8-29(49-15-7-13-41-24(49)2)17-32(34(51)46-36(3,4)23-48-22-28(20-44-48)37(38,39)40)45-33(50)31-18-30(31)26-11-9-25(10-12-26)27-19-43-35-42-14-16-47(35)21-27/h7-16,19-22,30-32H,2,5-6,17-18,23H2,1,3-4H3,(H,45,50)(H,46,51)/b29-8-. The SMILES string of the molecule is C=C1N=CC=CN1/C(=C\CCC)CC(NC(=O)C1CC1c1ccc(-c2cnc3nccn3c2)cc1)C(=O)NC(C)(C)Cn1cc(C(F)(F)F)cn1. The molecule has 3 unspecified atom stereocenters. The zero-order valence-corrected chi connectivity index (χ0v) is 28.6. The number of benzene rings is 1. The number of hydrogen-bond acceptors (Lipinski definition) is 7. The number of aliphatic imine (C=N–C) groups is 1. The number of imidazole rings is 1. The van der Waals surface area contributed by atoms with Gasteiger partial charge < -0.3 is 15.5 Å². The Bertz CT molecular complexity index is 2010. The molecule has 2 N–H and O–H groups in total. The lowest BCUT2D eigenvalue weighted by Gasteiger charge is -2.31. The van der Waals surface area contributed by atoms with Crippen molar-refractivity contribution in [1.29, 1.82) is 0 Å². The summed E-state index contributed by atoms with van der Waals surface area (Å²) in [6.45, 7) is 9.43. The molecule has 6 rings (SSSR count). The Morgan fingerprint density at radius 2 is 1.88 bits per heavy atom. The second-order valence-electron chi connectivity index (χ2n) is 13.5. The Balaban J connectivity index is 1.17. The molecule has 2 aliphatic rings. The van der Waals surface area contributed by atoms with Gasteiger partial charge in [-0.1, -0.05) is 50.3 Å². The molecule has 266 valence electrons. The lowest BCUT2D eigenvalue weighted by atomic mass is 10.0. The van der Waals surface area contributed by atoms with E-state index >= 15 is 0 Å². The monoisotopic (exact) mass is 699 g/mol. The molecule has 1 saturated carbocycles. The van der Waals surface area contributed by atoms with E-state index in [4.69, 9.17) is 0 Å². The van der Waals surface area contributed by atoms with Crippen molar-refractivity contribution in [2.75, 3.05) is 0 Å². The van der Waals surface area contributed by atoms with Gasteiger partial charge in [0.05, 0.1) is 23.8 Å². The Labute approximate surface area is 293 Å². The minimum atomic E-state index is -4.53. The van der Waals surface area contributed by atoms with Crippen molar-refractivity contribution in [3.05, 3.63) is 109 Å². The number of halogens is 3. The lowest BCUT2D eigenvalue weighted by molar-refractivity contribution is -0.137. The number of fused-ring (bicyclic) bond motifs is 1. The third kappa shape index (κ3) is 8.44. The summed E-state index contributed by atoms with van der Waals surface area (Å²) in [4.78, 5) is 42.4. The molecule has 3 atom stereocenters.